The lowest BCUT2D eigenvalue weighted by molar-refractivity contribution is -0.118. The molecule has 0 saturated carbocycles. The molecule has 0 spiro atoms. The first-order valence-electron chi connectivity index (χ1n) is 7.25. The van der Waals surface area contributed by atoms with Gasteiger partial charge in [0.05, 0.1) is 0 Å². The maximum atomic E-state index is 11.9. The molecule has 3 nitrogen and oxygen atoms in total. The van der Waals surface area contributed by atoms with E-state index in [-0.39, 0.29) is 12.5 Å². The zero-order chi connectivity index (χ0) is 15.9. The van der Waals surface area contributed by atoms with Gasteiger partial charge in [-0.3, -0.25) is 4.79 Å². The summed E-state index contributed by atoms with van der Waals surface area (Å²) in [4.78, 5) is 13.1. The molecule has 2 aromatic carbocycles. The van der Waals surface area contributed by atoms with Crippen molar-refractivity contribution in [1.29, 1.82) is 0 Å². The van der Waals surface area contributed by atoms with Gasteiger partial charge < -0.3 is 10.1 Å². The number of hydrogen-bond donors (Lipinski definition) is 1. The second kappa shape index (κ2) is 7.90. The number of amides is 1. The Kier molecular flexibility index (Phi) is 5.90. The molecule has 0 aliphatic carbocycles. The van der Waals surface area contributed by atoms with Crippen molar-refractivity contribution in [2.24, 2.45) is 0 Å². The van der Waals surface area contributed by atoms with Crippen LogP contribution in [0.3, 0.4) is 0 Å². The fourth-order valence-corrected chi connectivity index (χ4v) is 2.38. The molecule has 0 aromatic heterocycles. The zero-order valence-corrected chi connectivity index (χ0v) is 13.9. The second-order valence-corrected chi connectivity index (χ2v) is 6.17. The minimum atomic E-state index is -0.161. The van der Waals surface area contributed by atoms with Crippen LogP contribution in [0.25, 0.3) is 0 Å². The van der Waals surface area contributed by atoms with Gasteiger partial charge >= 0.3 is 0 Å². The van der Waals surface area contributed by atoms with E-state index in [0.717, 1.165) is 5.69 Å². The van der Waals surface area contributed by atoms with Crippen LogP contribution in [-0.4, -0.2) is 18.8 Å². The molecular weight excluding hydrogens is 294 g/mol. The monoisotopic (exact) mass is 315 g/mol. The summed E-state index contributed by atoms with van der Waals surface area (Å²) in [6.45, 7) is 4.29. The summed E-state index contributed by atoms with van der Waals surface area (Å²) in [6.07, 6.45) is 2.02. The van der Waals surface area contributed by atoms with Crippen molar-refractivity contribution in [1.82, 2.24) is 0 Å². The average molecular weight is 315 g/mol. The number of carbonyl (C=O) groups is 1. The molecule has 0 bridgehead atoms. The Morgan fingerprint density at radius 2 is 1.73 bits per heavy atom. The molecule has 1 N–H and O–H groups in total. The van der Waals surface area contributed by atoms with Gasteiger partial charge in [0, 0.05) is 10.6 Å². The van der Waals surface area contributed by atoms with Crippen LogP contribution in [0.4, 0.5) is 5.69 Å². The Hall–Kier alpha value is -1.94. The molecule has 0 radical (unpaired) electrons. The van der Waals surface area contributed by atoms with Crippen molar-refractivity contribution in [2.45, 2.75) is 24.7 Å². The topological polar surface area (TPSA) is 38.3 Å². The third-order valence-electron chi connectivity index (χ3n) is 3.29. The van der Waals surface area contributed by atoms with E-state index in [1.54, 1.807) is 11.8 Å². The first-order chi connectivity index (χ1) is 10.6. The molecule has 2 aromatic rings. The van der Waals surface area contributed by atoms with Crippen LogP contribution in [0, 0.1) is 0 Å². The van der Waals surface area contributed by atoms with Gasteiger partial charge in [-0.05, 0) is 54.1 Å². The normalized spacial score (nSPS) is 10.5. The van der Waals surface area contributed by atoms with Crippen molar-refractivity contribution < 1.29 is 9.53 Å². The molecule has 22 heavy (non-hydrogen) atoms. The van der Waals surface area contributed by atoms with E-state index in [9.17, 15) is 4.79 Å². The Balaban J connectivity index is 1.84. The number of carbonyl (C=O) groups excluding carboxylic acids is 1. The third kappa shape index (κ3) is 4.81. The van der Waals surface area contributed by atoms with E-state index in [1.807, 2.05) is 54.8 Å². The lowest BCUT2D eigenvalue weighted by Gasteiger charge is -2.09. The fourth-order valence-electron chi connectivity index (χ4n) is 1.97. The summed E-state index contributed by atoms with van der Waals surface area (Å²) < 4.78 is 5.48. The van der Waals surface area contributed by atoms with Crippen LogP contribution in [-0.2, 0) is 4.79 Å². The fraction of sp³-hybridized carbons (Fsp3) is 0.278. The van der Waals surface area contributed by atoms with Gasteiger partial charge in [0.25, 0.3) is 5.91 Å². The highest BCUT2D eigenvalue weighted by molar-refractivity contribution is 7.98. The standard InChI is InChI=1S/C18H21NO2S/c1-13(2)14-4-6-15(7-5-14)19-18(20)12-21-16-8-10-17(22-3)11-9-16/h4-11,13H,12H2,1-3H3,(H,19,20). The molecule has 0 saturated heterocycles. The maximum Gasteiger partial charge on any atom is 0.262 e. The Morgan fingerprint density at radius 1 is 1.09 bits per heavy atom. The van der Waals surface area contributed by atoms with Gasteiger partial charge in [-0.1, -0.05) is 26.0 Å². The van der Waals surface area contributed by atoms with E-state index < -0.39 is 0 Å². The van der Waals surface area contributed by atoms with Crippen LogP contribution in [0.5, 0.6) is 5.75 Å². The van der Waals surface area contributed by atoms with E-state index in [2.05, 4.69) is 19.2 Å². The first kappa shape index (κ1) is 16.4. The van der Waals surface area contributed by atoms with E-state index in [4.69, 9.17) is 4.74 Å². The number of thioether (sulfide) groups is 1. The van der Waals surface area contributed by atoms with Crippen LogP contribution in [0.15, 0.2) is 53.4 Å². The predicted molar refractivity (Wildman–Crippen MR) is 92.9 cm³/mol. The van der Waals surface area contributed by atoms with Gasteiger partial charge in [0.15, 0.2) is 6.61 Å². The smallest absolute Gasteiger partial charge is 0.262 e. The summed E-state index contributed by atoms with van der Waals surface area (Å²) in [5.41, 5.74) is 2.04. The van der Waals surface area contributed by atoms with Crippen molar-refractivity contribution >= 4 is 23.4 Å². The maximum absolute atomic E-state index is 11.9. The van der Waals surface area contributed by atoms with E-state index in [0.29, 0.717) is 11.7 Å². The third-order valence-corrected chi connectivity index (χ3v) is 4.03. The quantitative estimate of drug-likeness (QED) is 0.795. The van der Waals surface area contributed by atoms with E-state index >= 15 is 0 Å². The molecule has 0 aliphatic rings. The van der Waals surface area contributed by atoms with Gasteiger partial charge in [0.2, 0.25) is 0 Å². The average Bonchev–Trinajstić information content (AvgIpc) is 2.54. The molecule has 2 rings (SSSR count). The lowest BCUT2D eigenvalue weighted by atomic mass is 10.0. The highest BCUT2D eigenvalue weighted by Crippen LogP contribution is 2.19. The first-order valence-corrected chi connectivity index (χ1v) is 8.47. The van der Waals surface area contributed by atoms with Gasteiger partial charge in [-0.25, -0.2) is 0 Å². The predicted octanol–water partition coefficient (Wildman–Crippen LogP) is 4.55. The Morgan fingerprint density at radius 3 is 2.27 bits per heavy atom. The molecule has 0 atom stereocenters. The number of ether oxygens (including phenoxy) is 1. The largest absolute Gasteiger partial charge is 0.484 e. The van der Waals surface area contributed by atoms with Crippen molar-refractivity contribution in [2.75, 3.05) is 18.2 Å². The van der Waals surface area contributed by atoms with Gasteiger partial charge in [-0.2, -0.15) is 0 Å². The molecule has 0 aliphatic heterocycles. The summed E-state index contributed by atoms with van der Waals surface area (Å²) in [7, 11) is 0. The van der Waals surface area contributed by atoms with Gasteiger partial charge in [0.1, 0.15) is 5.75 Å². The van der Waals surface area contributed by atoms with Crippen molar-refractivity contribution in [3.8, 4) is 5.75 Å². The minimum Gasteiger partial charge on any atom is -0.484 e. The summed E-state index contributed by atoms with van der Waals surface area (Å²) in [5.74, 6) is 1.02. The number of benzene rings is 2. The second-order valence-electron chi connectivity index (χ2n) is 5.29. The lowest BCUT2D eigenvalue weighted by Crippen LogP contribution is -2.20. The van der Waals surface area contributed by atoms with Crippen LogP contribution in [0.1, 0.15) is 25.3 Å². The van der Waals surface area contributed by atoms with Crippen molar-refractivity contribution in [3.63, 3.8) is 0 Å². The number of anilines is 1. The molecular formula is C18H21NO2S. The Labute approximate surface area is 136 Å². The van der Waals surface area contributed by atoms with Crippen LogP contribution >= 0.6 is 11.8 Å². The SMILES string of the molecule is CSc1ccc(OCC(=O)Nc2ccc(C(C)C)cc2)cc1. The van der Waals surface area contributed by atoms with Gasteiger partial charge in [-0.15, -0.1) is 11.8 Å². The van der Waals surface area contributed by atoms with E-state index in [1.165, 1.54) is 10.5 Å². The molecule has 4 heteroatoms. The van der Waals surface area contributed by atoms with Crippen LogP contribution in [0.2, 0.25) is 0 Å². The van der Waals surface area contributed by atoms with Crippen molar-refractivity contribution in [3.05, 3.63) is 54.1 Å². The number of hydrogen-bond acceptors (Lipinski definition) is 3. The molecule has 0 heterocycles. The van der Waals surface area contributed by atoms with Crippen LogP contribution < -0.4 is 10.1 Å². The number of nitrogens with one attached hydrogen (secondary N) is 1. The highest BCUT2D eigenvalue weighted by Gasteiger charge is 2.05. The highest BCUT2D eigenvalue weighted by atomic mass is 32.2. The Bertz CT molecular complexity index is 606. The summed E-state index contributed by atoms with van der Waals surface area (Å²) in [5, 5.41) is 2.83. The summed E-state index contributed by atoms with van der Waals surface area (Å²) >= 11 is 1.67. The molecule has 116 valence electrons. The molecule has 0 fully saturated rings. The summed E-state index contributed by atoms with van der Waals surface area (Å²) in [6, 6.07) is 15.6. The zero-order valence-electron chi connectivity index (χ0n) is 13.1. The number of rotatable bonds is 6. The molecule has 0 unspecified atom stereocenters. The minimum absolute atomic E-state index is 0.00451. The molecule has 1 amide bonds.